The molecule has 37 heavy (non-hydrogen) atoms. The zero-order valence-corrected chi connectivity index (χ0v) is 21.4. The van der Waals surface area contributed by atoms with Gasteiger partial charge in [0.1, 0.15) is 23.8 Å². The van der Waals surface area contributed by atoms with Gasteiger partial charge in [0, 0.05) is 47.5 Å². The van der Waals surface area contributed by atoms with E-state index in [9.17, 15) is 0 Å². The number of anilines is 5. The Hall–Kier alpha value is -4.63. The molecule has 6 rings (SSSR count). The molecule has 0 fully saturated rings. The average molecular weight is 505 g/mol. The first kappa shape index (κ1) is 22.8. The largest absolute Gasteiger partial charge is 0.373 e. The van der Waals surface area contributed by atoms with Crippen molar-refractivity contribution < 1.29 is 0 Å². The number of nitrogens with one attached hydrogen (secondary N) is 3. The van der Waals surface area contributed by atoms with Gasteiger partial charge in [-0.3, -0.25) is 0 Å². The summed E-state index contributed by atoms with van der Waals surface area (Å²) < 4.78 is 1.15. The van der Waals surface area contributed by atoms with Crippen molar-refractivity contribution in [1.29, 1.82) is 0 Å². The molecule has 0 saturated heterocycles. The highest BCUT2D eigenvalue weighted by Crippen LogP contribution is 2.36. The van der Waals surface area contributed by atoms with E-state index in [1.165, 1.54) is 0 Å². The summed E-state index contributed by atoms with van der Waals surface area (Å²) >= 11 is 1.69. The minimum absolute atomic E-state index is 0.719. The van der Waals surface area contributed by atoms with E-state index in [2.05, 4.69) is 66.0 Å². The van der Waals surface area contributed by atoms with E-state index in [1.807, 2.05) is 56.6 Å². The second-order valence-electron chi connectivity index (χ2n) is 8.62. The van der Waals surface area contributed by atoms with E-state index in [0.717, 1.165) is 71.6 Å². The Balaban J connectivity index is 1.40. The van der Waals surface area contributed by atoms with Gasteiger partial charge in [0.2, 0.25) is 0 Å². The summed E-state index contributed by atoms with van der Waals surface area (Å²) in [6, 6.07) is 18.2. The zero-order chi connectivity index (χ0) is 25.4. The van der Waals surface area contributed by atoms with Crippen molar-refractivity contribution in [2.75, 3.05) is 23.0 Å². The van der Waals surface area contributed by atoms with Crippen molar-refractivity contribution in [2.24, 2.45) is 0 Å². The molecular formula is C28H24N8S. The molecule has 4 heterocycles. The van der Waals surface area contributed by atoms with Crippen LogP contribution in [0, 0.1) is 13.8 Å². The molecule has 2 aromatic carbocycles. The van der Waals surface area contributed by atoms with E-state index >= 15 is 0 Å². The Bertz CT molecular complexity index is 1760. The number of benzene rings is 2. The molecule has 182 valence electrons. The molecule has 6 aromatic rings. The van der Waals surface area contributed by atoms with Gasteiger partial charge in [-0.2, -0.15) is 0 Å². The average Bonchev–Trinajstić information content (AvgIpc) is 3.30. The zero-order valence-electron chi connectivity index (χ0n) is 20.6. The lowest BCUT2D eigenvalue weighted by Crippen LogP contribution is -2.02. The molecular weight excluding hydrogens is 480 g/mol. The van der Waals surface area contributed by atoms with Gasteiger partial charge >= 0.3 is 0 Å². The molecule has 0 amide bonds. The SMILES string of the molecule is CNc1cc(-c2cccnc2Nc2c(C)ccc3c(Nc4ccc5nc(C)sc5c4)nccc23)ncn1. The van der Waals surface area contributed by atoms with E-state index in [-0.39, 0.29) is 0 Å². The topological polar surface area (TPSA) is 101 Å². The van der Waals surface area contributed by atoms with Crippen LogP contribution in [0.4, 0.5) is 28.8 Å². The Morgan fingerprint density at radius 1 is 0.784 bits per heavy atom. The second kappa shape index (κ2) is 9.44. The molecule has 0 unspecified atom stereocenters. The van der Waals surface area contributed by atoms with Crippen molar-refractivity contribution in [3.05, 3.63) is 83.9 Å². The standard InChI is InChI=1S/C28H24N8S/c1-16-6-8-20-19(10-12-31-27(20)35-18-7-9-22-24(13-18)37-17(2)34-22)26(16)36-28-21(5-4-11-30-28)23-14-25(29-3)33-15-32-23/h4-15H,1-3H3,(H,30,36)(H,31,35)(H,29,32,33). The number of thiazole rings is 1. The third-order valence-corrected chi connectivity index (χ3v) is 7.10. The van der Waals surface area contributed by atoms with Gasteiger partial charge in [-0.25, -0.2) is 24.9 Å². The van der Waals surface area contributed by atoms with Crippen LogP contribution in [0.2, 0.25) is 0 Å². The van der Waals surface area contributed by atoms with E-state index in [1.54, 1.807) is 23.9 Å². The van der Waals surface area contributed by atoms with Crippen LogP contribution in [0.15, 0.2) is 73.3 Å². The molecule has 8 nitrogen and oxygen atoms in total. The highest BCUT2D eigenvalue weighted by molar-refractivity contribution is 7.18. The van der Waals surface area contributed by atoms with Crippen molar-refractivity contribution in [1.82, 2.24) is 24.9 Å². The maximum absolute atomic E-state index is 4.66. The fourth-order valence-corrected chi connectivity index (χ4v) is 5.22. The quantitative estimate of drug-likeness (QED) is 0.227. The summed E-state index contributed by atoms with van der Waals surface area (Å²) in [6.07, 6.45) is 5.15. The monoisotopic (exact) mass is 504 g/mol. The van der Waals surface area contributed by atoms with Crippen LogP contribution in [0.1, 0.15) is 10.6 Å². The number of nitrogens with zero attached hydrogens (tertiary/aromatic N) is 5. The molecule has 9 heteroatoms. The normalized spacial score (nSPS) is 11.1. The van der Waals surface area contributed by atoms with Gasteiger partial charge in [-0.15, -0.1) is 11.3 Å². The third kappa shape index (κ3) is 4.41. The minimum atomic E-state index is 0.719. The van der Waals surface area contributed by atoms with Gasteiger partial charge in [0.25, 0.3) is 0 Å². The predicted molar refractivity (Wildman–Crippen MR) is 152 cm³/mol. The molecule has 3 N–H and O–H groups in total. The lowest BCUT2D eigenvalue weighted by molar-refractivity contribution is 1.16. The molecule has 0 radical (unpaired) electrons. The summed E-state index contributed by atoms with van der Waals surface area (Å²) in [6.45, 7) is 4.11. The van der Waals surface area contributed by atoms with Crippen LogP contribution in [0.25, 0.3) is 32.2 Å². The van der Waals surface area contributed by atoms with Crippen molar-refractivity contribution >= 4 is 61.2 Å². The highest BCUT2D eigenvalue weighted by Gasteiger charge is 2.14. The fraction of sp³-hybridized carbons (Fsp3) is 0.107. The number of aryl methyl sites for hydroxylation is 2. The fourth-order valence-electron chi connectivity index (χ4n) is 4.36. The summed E-state index contributed by atoms with van der Waals surface area (Å²) in [7, 11) is 1.84. The highest BCUT2D eigenvalue weighted by atomic mass is 32.1. The lowest BCUT2D eigenvalue weighted by Gasteiger charge is -2.17. The molecule has 0 atom stereocenters. The third-order valence-electron chi connectivity index (χ3n) is 6.16. The van der Waals surface area contributed by atoms with E-state index in [4.69, 9.17) is 0 Å². The Morgan fingerprint density at radius 3 is 2.57 bits per heavy atom. The van der Waals surface area contributed by atoms with Gasteiger partial charge in [-0.05, 0) is 55.8 Å². The number of hydrogen-bond acceptors (Lipinski definition) is 9. The Labute approximate surface area is 217 Å². The molecule has 0 saturated carbocycles. The smallest absolute Gasteiger partial charge is 0.139 e. The Morgan fingerprint density at radius 2 is 1.68 bits per heavy atom. The van der Waals surface area contributed by atoms with Crippen molar-refractivity contribution in [2.45, 2.75) is 13.8 Å². The summed E-state index contributed by atoms with van der Waals surface area (Å²) in [4.78, 5) is 22.6. The number of pyridine rings is 2. The number of rotatable bonds is 6. The first-order valence-electron chi connectivity index (χ1n) is 11.8. The van der Waals surface area contributed by atoms with Gasteiger partial charge in [0.15, 0.2) is 0 Å². The van der Waals surface area contributed by atoms with Crippen LogP contribution < -0.4 is 16.0 Å². The summed E-state index contributed by atoms with van der Waals surface area (Å²) in [5.41, 5.74) is 5.73. The van der Waals surface area contributed by atoms with Crippen LogP contribution in [0.3, 0.4) is 0 Å². The number of aromatic nitrogens is 5. The molecule has 0 bridgehead atoms. The predicted octanol–water partition coefficient (Wildman–Crippen LogP) is 6.84. The van der Waals surface area contributed by atoms with Gasteiger partial charge in [0.05, 0.1) is 26.6 Å². The van der Waals surface area contributed by atoms with Crippen LogP contribution in [-0.2, 0) is 0 Å². The van der Waals surface area contributed by atoms with Crippen LogP contribution >= 0.6 is 11.3 Å². The number of hydrogen-bond donors (Lipinski definition) is 3. The maximum Gasteiger partial charge on any atom is 0.139 e. The van der Waals surface area contributed by atoms with E-state index < -0.39 is 0 Å². The molecule has 4 aromatic heterocycles. The maximum atomic E-state index is 4.66. The molecule has 0 aliphatic heterocycles. The lowest BCUT2D eigenvalue weighted by atomic mass is 10.0. The van der Waals surface area contributed by atoms with Crippen molar-refractivity contribution in [3.8, 4) is 11.3 Å². The first-order chi connectivity index (χ1) is 18.1. The Kier molecular flexibility index (Phi) is 5.82. The minimum Gasteiger partial charge on any atom is -0.373 e. The van der Waals surface area contributed by atoms with Crippen LogP contribution in [-0.4, -0.2) is 32.0 Å². The van der Waals surface area contributed by atoms with Crippen LogP contribution in [0.5, 0.6) is 0 Å². The second-order valence-corrected chi connectivity index (χ2v) is 9.85. The molecule has 0 aliphatic rings. The van der Waals surface area contributed by atoms with E-state index in [0.29, 0.717) is 0 Å². The summed E-state index contributed by atoms with van der Waals surface area (Å²) in [5.74, 6) is 2.25. The summed E-state index contributed by atoms with van der Waals surface area (Å²) in [5, 5.41) is 13.3. The van der Waals surface area contributed by atoms with Crippen molar-refractivity contribution in [3.63, 3.8) is 0 Å². The number of fused-ring (bicyclic) bond motifs is 2. The molecule has 0 aliphatic carbocycles. The van der Waals surface area contributed by atoms with Gasteiger partial charge in [-0.1, -0.05) is 12.1 Å². The van der Waals surface area contributed by atoms with Gasteiger partial charge < -0.3 is 16.0 Å². The molecule has 0 spiro atoms. The first-order valence-corrected chi connectivity index (χ1v) is 12.7.